The predicted octanol–water partition coefficient (Wildman–Crippen LogP) is 3.32. The molecular formula is C20H30N4O. The maximum absolute atomic E-state index is 13.0. The Morgan fingerprint density at radius 3 is 2.76 bits per heavy atom. The highest BCUT2D eigenvalue weighted by atomic mass is 16.2. The zero-order valence-corrected chi connectivity index (χ0v) is 16.0. The van der Waals surface area contributed by atoms with Crippen molar-refractivity contribution in [1.82, 2.24) is 20.0 Å². The Bertz CT molecular complexity index is 749. The summed E-state index contributed by atoms with van der Waals surface area (Å²) < 4.78 is 0. The van der Waals surface area contributed by atoms with E-state index >= 15 is 0 Å². The van der Waals surface area contributed by atoms with E-state index in [1.165, 1.54) is 0 Å². The quantitative estimate of drug-likeness (QED) is 0.907. The third-order valence-corrected chi connectivity index (χ3v) is 5.29. The Morgan fingerprint density at radius 2 is 2.12 bits per heavy atom. The van der Waals surface area contributed by atoms with Crippen molar-refractivity contribution in [3.63, 3.8) is 0 Å². The fraction of sp³-hybridized carbons (Fsp3) is 0.600. The summed E-state index contributed by atoms with van der Waals surface area (Å²) in [7, 11) is 1.94. The fourth-order valence-electron chi connectivity index (χ4n) is 3.68. The Kier molecular flexibility index (Phi) is 5.13. The number of carbonyl (C=O) groups excluding carboxylic acids is 1. The number of benzene rings is 1. The van der Waals surface area contributed by atoms with Crippen molar-refractivity contribution >= 4 is 16.8 Å². The van der Waals surface area contributed by atoms with Gasteiger partial charge in [0.15, 0.2) is 0 Å². The molecule has 1 saturated heterocycles. The number of hydrogen-bond acceptors (Lipinski definition) is 3. The van der Waals surface area contributed by atoms with Crippen LogP contribution in [0.15, 0.2) is 18.2 Å². The number of carbonyl (C=O) groups is 1. The van der Waals surface area contributed by atoms with E-state index in [-0.39, 0.29) is 5.91 Å². The average Bonchev–Trinajstić information content (AvgIpc) is 3.20. The van der Waals surface area contributed by atoms with Gasteiger partial charge in [-0.1, -0.05) is 13.8 Å². The molecule has 1 amide bonds. The number of H-pyrrole nitrogens is 1. The summed E-state index contributed by atoms with van der Waals surface area (Å²) in [5, 5.41) is 8.57. The predicted molar refractivity (Wildman–Crippen MR) is 102 cm³/mol. The van der Waals surface area contributed by atoms with Gasteiger partial charge in [0.25, 0.3) is 5.91 Å². The van der Waals surface area contributed by atoms with Gasteiger partial charge in [0.05, 0.1) is 5.52 Å². The second-order valence-electron chi connectivity index (χ2n) is 7.98. The van der Waals surface area contributed by atoms with E-state index in [9.17, 15) is 4.79 Å². The van der Waals surface area contributed by atoms with E-state index in [4.69, 9.17) is 0 Å². The van der Waals surface area contributed by atoms with Gasteiger partial charge in [0, 0.05) is 48.9 Å². The molecule has 5 nitrogen and oxygen atoms in total. The average molecular weight is 342 g/mol. The molecule has 3 rings (SSSR count). The monoisotopic (exact) mass is 342 g/mol. The minimum absolute atomic E-state index is 0.106. The molecular weight excluding hydrogens is 312 g/mol. The second-order valence-corrected chi connectivity index (χ2v) is 7.98. The van der Waals surface area contributed by atoms with Crippen LogP contribution in [-0.2, 0) is 6.42 Å². The van der Waals surface area contributed by atoms with Crippen LogP contribution in [0.2, 0.25) is 0 Å². The molecule has 25 heavy (non-hydrogen) atoms. The van der Waals surface area contributed by atoms with Crippen LogP contribution in [0.1, 0.15) is 50.2 Å². The van der Waals surface area contributed by atoms with Gasteiger partial charge >= 0.3 is 0 Å². The highest BCUT2D eigenvalue weighted by molar-refractivity contribution is 5.98. The molecule has 0 saturated carbocycles. The number of aromatic amines is 1. The topological polar surface area (TPSA) is 52.2 Å². The first-order valence-corrected chi connectivity index (χ1v) is 9.35. The smallest absolute Gasteiger partial charge is 0.253 e. The van der Waals surface area contributed by atoms with E-state index in [1.807, 2.05) is 30.1 Å². The van der Waals surface area contributed by atoms with Crippen LogP contribution < -0.4 is 0 Å². The van der Waals surface area contributed by atoms with E-state index < -0.39 is 0 Å². The Labute approximate surface area is 150 Å². The molecule has 0 bridgehead atoms. The van der Waals surface area contributed by atoms with Crippen molar-refractivity contribution in [3.8, 4) is 0 Å². The first-order chi connectivity index (χ1) is 11.9. The maximum Gasteiger partial charge on any atom is 0.253 e. The summed E-state index contributed by atoms with van der Waals surface area (Å²) in [5.41, 5.74) is 2.81. The van der Waals surface area contributed by atoms with Crippen molar-refractivity contribution in [2.45, 2.75) is 52.6 Å². The van der Waals surface area contributed by atoms with Crippen LogP contribution >= 0.6 is 0 Å². The second kappa shape index (κ2) is 7.16. The van der Waals surface area contributed by atoms with Gasteiger partial charge in [-0.2, -0.15) is 5.10 Å². The number of hydrogen-bond donors (Lipinski definition) is 1. The first kappa shape index (κ1) is 17.9. The van der Waals surface area contributed by atoms with E-state index in [1.54, 1.807) is 0 Å². The van der Waals surface area contributed by atoms with Crippen molar-refractivity contribution < 1.29 is 4.79 Å². The summed E-state index contributed by atoms with van der Waals surface area (Å²) in [6, 6.07) is 6.69. The lowest BCUT2D eigenvalue weighted by Gasteiger charge is -2.26. The summed E-state index contributed by atoms with van der Waals surface area (Å²) >= 11 is 0. The lowest BCUT2D eigenvalue weighted by Crippen LogP contribution is -2.40. The van der Waals surface area contributed by atoms with Gasteiger partial charge < -0.3 is 4.90 Å². The van der Waals surface area contributed by atoms with Crippen molar-refractivity contribution in [2.24, 2.45) is 5.92 Å². The minimum atomic E-state index is 0.106. The highest BCUT2D eigenvalue weighted by Crippen LogP contribution is 2.23. The summed E-state index contributed by atoms with van der Waals surface area (Å²) in [4.78, 5) is 17.3. The van der Waals surface area contributed by atoms with Crippen molar-refractivity contribution in [2.75, 3.05) is 20.1 Å². The zero-order valence-electron chi connectivity index (χ0n) is 16.0. The third kappa shape index (κ3) is 3.71. The summed E-state index contributed by atoms with van der Waals surface area (Å²) in [6.45, 7) is 10.8. The van der Waals surface area contributed by atoms with Gasteiger partial charge in [0.1, 0.15) is 0 Å². The lowest BCUT2D eigenvalue weighted by molar-refractivity contribution is 0.0732. The molecule has 136 valence electrons. The molecule has 2 aromatic rings. The van der Waals surface area contributed by atoms with E-state index in [2.05, 4.69) is 42.8 Å². The van der Waals surface area contributed by atoms with Crippen molar-refractivity contribution in [3.05, 3.63) is 29.5 Å². The molecule has 1 unspecified atom stereocenters. The van der Waals surface area contributed by atoms with Gasteiger partial charge in [-0.15, -0.1) is 0 Å². The van der Waals surface area contributed by atoms with Crippen LogP contribution in [0, 0.1) is 5.92 Å². The Hall–Kier alpha value is -1.88. The Balaban J connectivity index is 1.79. The number of amides is 1. The third-order valence-electron chi connectivity index (χ3n) is 5.29. The number of likely N-dealkylation sites (N-methyl/N-ethyl adjacent to an activating group) is 1. The van der Waals surface area contributed by atoms with Gasteiger partial charge in [0.2, 0.25) is 0 Å². The molecule has 1 aliphatic heterocycles. The molecule has 5 heteroatoms. The molecule has 0 aliphatic carbocycles. The van der Waals surface area contributed by atoms with Gasteiger partial charge in [-0.3, -0.25) is 14.8 Å². The largest absolute Gasteiger partial charge is 0.337 e. The first-order valence-electron chi connectivity index (χ1n) is 9.35. The molecule has 1 aliphatic rings. The van der Waals surface area contributed by atoms with Gasteiger partial charge in [-0.05, 0) is 50.8 Å². The van der Waals surface area contributed by atoms with E-state index in [0.717, 1.165) is 48.1 Å². The molecule has 1 aromatic heterocycles. The van der Waals surface area contributed by atoms with Crippen LogP contribution in [0.3, 0.4) is 0 Å². The summed E-state index contributed by atoms with van der Waals surface area (Å²) in [5.74, 6) is 0.653. The van der Waals surface area contributed by atoms with Crippen LogP contribution in [0.25, 0.3) is 10.9 Å². The Morgan fingerprint density at radius 1 is 1.36 bits per heavy atom. The zero-order chi connectivity index (χ0) is 18.1. The van der Waals surface area contributed by atoms with E-state index in [0.29, 0.717) is 18.0 Å². The number of rotatable bonds is 5. The molecule has 1 atom stereocenters. The molecule has 1 fully saturated rings. The highest BCUT2D eigenvalue weighted by Gasteiger charge is 2.30. The number of aromatic nitrogens is 2. The van der Waals surface area contributed by atoms with Crippen LogP contribution in [0.5, 0.6) is 0 Å². The number of fused-ring (bicyclic) bond motifs is 1. The number of likely N-dealkylation sites (tertiary alicyclic amines) is 1. The maximum atomic E-state index is 13.0. The molecule has 1 aromatic carbocycles. The number of nitrogens with zero attached hydrogens (tertiary/aromatic N) is 3. The minimum Gasteiger partial charge on any atom is -0.337 e. The fourth-order valence-corrected chi connectivity index (χ4v) is 3.68. The normalized spacial score (nSPS) is 18.6. The SMILES string of the molecule is CC(C)Cc1[nH]nc2ccc(C(=O)N(C)C3CCN(C(C)C)C3)cc12. The van der Waals surface area contributed by atoms with Crippen LogP contribution in [-0.4, -0.2) is 58.1 Å². The number of nitrogens with one attached hydrogen (secondary N) is 1. The molecule has 2 heterocycles. The van der Waals surface area contributed by atoms with Crippen LogP contribution in [0.4, 0.5) is 0 Å². The molecule has 1 N–H and O–H groups in total. The van der Waals surface area contributed by atoms with Gasteiger partial charge in [-0.25, -0.2) is 0 Å². The lowest BCUT2D eigenvalue weighted by atomic mass is 10.0. The molecule has 0 radical (unpaired) electrons. The molecule has 0 spiro atoms. The standard InChI is InChI=1S/C20H30N4O/c1-13(2)10-19-17-11-15(6-7-18(17)21-22-19)20(25)23(5)16-8-9-24(12-16)14(3)4/h6-7,11,13-14,16H,8-10,12H2,1-5H3,(H,21,22). The van der Waals surface area contributed by atoms with Crippen molar-refractivity contribution in [1.29, 1.82) is 0 Å². The summed E-state index contributed by atoms with van der Waals surface area (Å²) in [6.07, 6.45) is 1.99.